The molecular formula is C39H36N3O3+. The highest BCUT2D eigenvalue weighted by Gasteiger charge is 2.45. The van der Waals surface area contributed by atoms with Gasteiger partial charge in [0.05, 0.1) is 15.7 Å². The molecule has 5 aromatic carbocycles. The number of hydrogen-bond acceptors (Lipinski definition) is 4. The fourth-order valence-electron chi connectivity index (χ4n) is 7.78. The number of aromatic hydroxyl groups is 1. The SMILES string of the molecule is CN1C(=CC=CC2=[N+](C)c3c(ccc4ccccc34)C2(C)C)C(C)(Cc2cc([N+](=O)[O-])ccc2O)c2c1ccc1ccccc21. The van der Waals surface area contributed by atoms with Crippen LogP contribution >= 0.6 is 0 Å². The van der Waals surface area contributed by atoms with Crippen molar-refractivity contribution < 1.29 is 14.6 Å². The Morgan fingerprint density at radius 3 is 2.31 bits per heavy atom. The molecule has 6 nitrogen and oxygen atoms in total. The molecule has 2 heterocycles. The summed E-state index contributed by atoms with van der Waals surface area (Å²) in [4.78, 5) is 13.5. The van der Waals surface area contributed by atoms with E-state index in [2.05, 4.69) is 123 Å². The summed E-state index contributed by atoms with van der Waals surface area (Å²) in [6.45, 7) is 6.73. The minimum atomic E-state index is -0.580. The normalized spacial score (nSPS) is 19.7. The minimum absolute atomic E-state index is 0.0312. The zero-order valence-corrected chi connectivity index (χ0v) is 26.2. The van der Waals surface area contributed by atoms with Crippen LogP contribution in [0.1, 0.15) is 37.5 Å². The lowest BCUT2D eigenvalue weighted by Gasteiger charge is -2.29. The number of allylic oxidation sites excluding steroid dienone is 4. The van der Waals surface area contributed by atoms with Crippen LogP contribution in [0.15, 0.2) is 115 Å². The van der Waals surface area contributed by atoms with E-state index in [0.29, 0.717) is 12.0 Å². The van der Waals surface area contributed by atoms with E-state index in [1.165, 1.54) is 45.9 Å². The molecule has 224 valence electrons. The molecule has 1 atom stereocenters. The van der Waals surface area contributed by atoms with Crippen LogP contribution in [-0.2, 0) is 17.3 Å². The fraction of sp³-hybridized carbons (Fsp3) is 0.205. The quantitative estimate of drug-likeness (QED) is 0.126. The van der Waals surface area contributed by atoms with Gasteiger partial charge >= 0.3 is 0 Å². The molecule has 1 N–H and O–H groups in total. The highest BCUT2D eigenvalue weighted by atomic mass is 16.6. The molecule has 6 heteroatoms. The van der Waals surface area contributed by atoms with E-state index in [1.54, 1.807) is 0 Å². The Bertz CT molecular complexity index is 2160. The van der Waals surface area contributed by atoms with Crippen LogP contribution in [0, 0.1) is 10.1 Å². The van der Waals surface area contributed by atoms with Crippen molar-refractivity contribution in [2.45, 2.75) is 38.0 Å². The molecule has 0 spiro atoms. The number of nitrogens with zero attached hydrogens (tertiary/aromatic N) is 3. The largest absolute Gasteiger partial charge is 0.508 e. The van der Waals surface area contributed by atoms with Gasteiger partial charge in [-0.1, -0.05) is 66.7 Å². The standard InChI is InChI=1S/C39H35N3O3/c1-38(2)31-20-17-26-12-7-9-14-30(26)37(31)41(5)34(38)15-10-16-35-39(3,24-27-23-28(42(44)45)19-22-33(27)43)36-29-13-8-6-11-25(29)18-21-32(36)40(35)4/h6-23H,24H2,1-5H3/p+1. The Hall–Kier alpha value is -5.23. The summed E-state index contributed by atoms with van der Waals surface area (Å²) in [5.74, 6) is 0.0583. The number of nitro groups is 1. The molecule has 45 heavy (non-hydrogen) atoms. The molecule has 7 rings (SSSR count). The van der Waals surface area contributed by atoms with Gasteiger partial charge in [0.15, 0.2) is 5.71 Å². The maximum Gasteiger partial charge on any atom is 0.269 e. The molecule has 0 aliphatic carbocycles. The first-order valence-corrected chi connectivity index (χ1v) is 15.3. The molecule has 0 amide bonds. The van der Waals surface area contributed by atoms with Gasteiger partial charge in [-0.3, -0.25) is 10.1 Å². The van der Waals surface area contributed by atoms with Gasteiger partial charge in [-0.05, 0) is 73.2 Å². The number of hydrogen-bond donors (Lipinski definition) is 1. The Kier molecular flexibility index (Phi) is 6.44. The third-order valence-electron chi connectivity index (χ3n) is 9.98. The number of nitro benzene ring substituents is 1. The highest BCUT2D eigenvalue weighted by Crippen LogP contribution is 2.52. The van der Waals surface area contributed by atoms with Gasteiger partial charge in [-0.25, -0.2) is 0 Å². The predicted molar refractivity (Wildman–Crippen MR) is 183 cm³/mol. The van der Waals surface area contributed by atoms with Gasteiger partial charge in [0.1, 0.15) is 12.8 Å². The van der Waals surface area contributed by atoms with Crippen molar-refractivity contribution in [3.63, 3.8) is 0 Å². The third-order valence-corrected chi connectivity index (χ3v) is 9.98. The van der Waals surface area contributed by atoms with Crippen molar-refractivity contribution in [1.82, 2.24) is 0 Å². The van der Waals surface area contributed by atoms with Crippen molar-refractivity contribution in [3.05, 3.63) is 142 Å². The first-order valence-electron chi connectivity index (χ1n) is 15.3. The maximum atomic E-state index is 11.7. The molecule has 0 bridgehead atoms. The lowest BCUT2D eigenvalue weighted by Crippen LogP contribution is -2.29. The second kappa shape index (κ2) is 10.2. The van der Waals surface area contributed by atoms with Crippen LogP contribution in [0.5, 0.6) is 5.75 Å². The van der Waals surface area contributed by atoms with E-state index in [0.717, 1.165) is 27.7 Å². The monoisotopic (exact) mass is 594 g/mol. The smallest absolute Gasteiger partial charge is 0.269 e. The molecule has 0 radical (unpaired) electrons. The topological polar surface area (TPSA) is 69.6 Å². The van der Waals surface area contributed by atoms with Crippen molar-refractivity contribution in [2.75, 3.05) is 19.0 Å². The number of anilines is 1. The number of likely N-dealkylation sites (N-methyl/N-ethyl adjacent to an activating group) is 1. The van der Waals surface area contributed by atoms with Crippen LogP contribution < -0.4 is 4.90 Å². The van der Waals surface area contributed by atoms with Gasteiger partial charge < -0.3 is 10.0 Å². The molecule has 5 aromatic rings. The third kappa shape index (κ3) is 4.27. The highest BCUT2D eigenvalue weighted by molar-refractivity contribution is 6.07. The molecule has 0 saturated heterocycles. The Labute approximate surface area is 263 Å². The number of phenols is 1. The van der Waals surface area contributed by atoms with Gasteiger partial charge in [0, 0.05) is 53.2 Å². The summed E-state index contributed by atoms with van der Waals surface area (Å²) >= 11 is 0. The van der Waals surface area contributed by atoms with E-state index in [-0.39, 0.29) is 16.9 Å². The number of benzene rings is 5. The average molecular weight is 595 g/mol. The number of non-ortho nitro benzene ring substituents is 1. The van der Waals surface area contributed by atoms with Crippen molar-refractivity contribution in [1.29, 1.82) is 0 Å². The Morgan fingerprint density at radius 1 is 0.911 bits per heavy atom. The second-order valence-corrected chi connectivity index (χ2v) is 13.0. The maximum absolute atomic E-state index is 11.7. The summed E-state index contributed by atoms with van der Waals surface area (Å²) in [7, 11) is 4.22. The van der Waals surface area contributed by atoms with E-state index in [1.807, 2.05) is 12.1 Å². The van der Waals surface area contributed by atoms with Gasteiger partial charge in [-0.15, -0.1) is 0 Å². The average Bonchev–Trinajstić information content (AvgIpc) is 3.36. The molecule has 0 saturated carbocycles. The summed E-state index contributed by atoms with van der Waals surface area (Å²) in [5, 5.41) is 27.3. The summed E-state index contributed by atoms with van der Waals surface area (Å²) < 4.78 is 2.31. The van der Waals surface area contributed by atoms with E-state index in [9.17, 15) is 15.2 Å². The predicted octanol–water partition coefficient (Wildman–Crippen LogP) is 8.70. The van der Waals surface area contributed by atoms with E-state index in [4.69, 9.17) is 0 Å². The Morgan fingerprint density at radius 2 is 1.58 bits per heavy atom. The molecule has 2 aliphatic heterocycles. The zero-order valence-electron chi connectivity index (χ0n) is 26.2. The van der Waals surface area contributed by atoms with Gasteiger partial charge in [0.2, 0.25) is 5.69 Å². The Balaban J connectivity index is 1.37. The summed E-state index contributed by atoms with van der Waals surface area (Å²) in [6, 6.07) is 29.9. The molecule has 1 unspecified atom stereocenters. The van der Waals surface area contributed by atoms with Crippen molar-refractivity contribution in [3.8, 4) is 5.75 Å². The lowest BCUT2D eigenvalue weighted by atomic mass is 9.74. The van der Waals surface area contributed by atoms with Crippen LogP contribution in [0.3, 0.4) is 0 Å². The van der Waals surface area contributed by atoms with Crippen molar-refractivity contribution >= 4 is 44.3 Å². The van der Waals surface area contributed by atoms with Crippen LogP contribution in [0.25, 0.3) is 21.5 Å². The molecular weight excluding hydrogens is 558 g/mol. The first kappa shape index (κ1) is 28.5. The number of phenolic OH excluding ortho intramolecular Hbond substituents is 1. The van der Waals surface area contributed by atoms with Crippen LogP contribution in [-0.4, -0.2) is 34.4 Å². The fourth-order valence-corrected chi connectivity index (χ4v) is 7.78. The number of rotatable bonds is 5. The number of fused-ring (bicyclic) bond motifs is 6. The zero-order chi connectivity index (χ0) is 31.7. The van der Waals surface area contributed by atoms with Crippen LogP contribution in [0.2, 0.25) is 0 Å². The summed E-state index contributed by atoms with van der Waals surface area (Å²) in [5.41, 5.74) is 6.78. The van der Waals surface area contributed by atoms with Gasteiger partial charge in [-0.2, -0.15) is 4.58 Å². The molecule has 0 fully saturated rings. The molecule has 2 aliphatic rings. The summed E-state index contributed by atoms with van der Waals surface area (Å²) in [6.07, 6.45) is 6.90. The first-order chi connectivity index (χ1) is 21.5. The second-order valence-electron chi connectivity index (χ2n) is 13.0. The molecule has 0 aromatic heterocycles. The van der Waals surface area contributed by atoms with Crippen LogP contribution in [0.4, 0.5) is 17.1 Å². The lowest BCUT2D eigenvalue weighted by molar-refractivity contribution is -0.399. The van der Waals surface area contributed by atoms with E-state index < -0.39 is 10.3 Å². The minimum Gasteiger partial charge on any atom is -0.508 e. The van der Waals surface area contributed by atoms with Gasteiger partial charge in [0.25, 0.3) is 5.69 Å². The van der Waals surface area contributed by atoms with Crippen molar-refractivity contribution in [2.24, 2.45) is 0 Å². The van der Waals surface area contributed by atoms with E-state index >= 15 is 0 Å².